The van der Waals surface area contributed by atoms with E-state index in [1.54, 1.807) is 0 Å². The molecule has 177 valence electrons. The quantitative estimate of drug-likeness (QED) is 0.236. The summed E-state index contributed by atoms with van der Waals surface area (Å²) in [7, 11) is 0. The van der Waals surface area contributed by atoms with E-state index in [1.165, 1.54) is 83.5 Å². The molecule has 0 saturated heterocycles. The average molecular weight is 573 g/mol. The monoisotopic (exact) mass is 571 g/mol. The summed E-state index contributed by atoms with van der Waals surface area (Å²) in [5, 5.41) is 0. The Morgan fingerprint density at radius 2 is 0.387 bits per heavy atom. The zero-order valence-electron chi connectivity index (χ0n) is 22.8. The van der Waals surface area contributed by atoms with Crippen molar-refractivity contribution in [2.45, 2.75) is 104 Å². The molecule has 0 spiro atoms. The summed E-state index contributed by atoms with van der Waals surface area (Å²) in [5.41, 5.74) is 22.0. The van der Waals surface area contributed by atoms with Gasteiger partial charge in [-0.3, -0.25) is 0 Å². The van der Waals surface area contributed by atoms with Crippen molar-refractivity contribution in [3.63, 3.8) is 0 Å². The molecule has 3 aromatic rings. The van der Waals surface area contributed by atoms with Gasteiger partial charge in [0.2, 0.25) is 0 Å². The summed E-state index contributed by atoms with van der Waals surface area (Å²) in [6, 6.07) is 0. The molecule has 0 heterocycles. The van der Waals surface area contributed by atoms with Gasteiger partial charge in [0.25, 0.3) is 0 Å². The molecular weight excluding hydrogens is 528 g/mol. The van der Waals surface area contributed by atoms with E-state index in [9.17, 15) is 0 Å². The molecule has 3 aromatic carbocycles. The van der Waals surface area contributed by atoms with Gasteiger partial charge in [-0.05, 0) is 0 Å². The van der Waals surface area contributed by atoms with Crippen LogP contribution in [0.5, 0.6) is 0 Å². The van der Waals surface area contributed by atoms with Gasteiger partial charge in [0.1, 0.15) is 0 Å². The van der Waals surface area contributed by atoms with Crippen molar-refractivity contribution in [2.24, 2.45) is 0 Å². The Bertz CT molecular complexity index is 654. The molecule has 0 saturated carbocycles. The van der Waals surface area contributed by atoms with E-state index in [2.05, 4.69) is 104 Å². The van der Waals surface area contributed by atoms with Gasteiger partial charge in [-0.2, -0.15) is 83.5 Å². The third kappa shape index (κ3) is 6.21. The van der Waals surface area contributed by atoms with Gasteiger partial charge >= 0.3 is 37.3 Å². The molecule has 1 heteroatoms. The largest absolute Gasteiger partial charge is 3.00 e. The Hall–Kier alpha value is -0.703. The van der Waals surface area contributed by atoms with Gasteiger partial charge in [0.15, 0.2) is 0 Å². The SMILES string of the molecule is Cc1c(C)c(C)[c-](C)c1C.Cc1c(C)c(C)[c-](C)c1C.Cc1c(C)c(C)[c-](C)c1C.[Er+3]. The van der Waals surface area contributed by atoms with Crippen molar-refractivity contribution in [3.8, 4) is 0 Å². The second kappa shape index (κ2) is 12.0. The van der Waals surface area contributed by atoms with Crippen LogP contribution in [0.4, 0.5) is 0 Å². The van der Waals surface area contributed by atoms with Crippen LogP contribution in [0.15, 0.2) is 0 Å². The number of hydrogen-bond donors (Lipinski definition) is 0. The summed E-state index contributed by atoms with van der Waals surface area (Å²) in [6.07, 6.45) is 0. The van der Waals surface area contributed by atoms with E-state index in [4.69, 9.17) is 0 Å². The predicted molar refractivity (Wildman–Crippen MR) is 137 cm³/mol. The predicted octanol–water partition coefficient (Wildman–Crippen LogP) is 8.84. The summed E-state index contributed by atoms with van der Waals surface area (Å²) >= 11 is 0. The topological polar surface area (TPSA) is 0 Å². The molecule has 3 rings (SSSR count). The standard InChI is InChI=1S/3C10H15.Er/c3*1-6-7(2)9(4)10(5)8(6)3;/h3*1-5H3;/q3*-1;+3. The van der Waals surface area contributed by atoms with E-state index in [1.807, 2.05) is 0 Å². The van der Waals surface area contributed by atoms with Crippen LogP contribution in [0.25, 0.3) is 0 Å². The van der Waals surface area contributed by atoms with Crippen LogP contribution in [-0.4, -0.2) is 0 Å². The van der Waals surface area contributed by atoms with Crippen LogP contribution in [0.1, 0.15) is 83.5 Å². The van der Waals surface area contributed by atoms with E-state index in [0.29, 0.717) is 0 Å². The molecule has 0 nitrogen and oxygen atoms in total. The molecule has 0 N–H and O–H groups in total. The minimum Gasteiger partial charge on any atom is -0.196 e. The van der Waals surface area contributed by atoms with E-state index in [0.717, 1.165) is 0 Å². The van der Waals surface area contributed by atoms with Crippen LogP contribution >= 0.6 is 0 Å². The van der Waals surface area contributed by atoms with Gasteiger partial charge in [0.05, 0.1) is 0 Å². The summed E-state index contributed by atoms with van der Waals surface area (Å²) in [5.74, 6) is 0. The van der Waals surface area contributed by atoms with Crippen LogP contribution in [-0.2, 0) is 0 Å². The smallest absolute Gasteiger partial charge is 0.196 e. The molecular formula is C30H45Er. The summed E-state index contributed by atoms with van der Waals surface area (Å²) in [4.78, 5) is 0. The van der Waals surface area contributed by atoms with E-state index >= 15 is 0 Å². The molecule has 0 aliphatic carbocycles. The number of rotatable bonds is 0. The van der Waals surface area contributed by atoms with Crippen molar-refractivity contribution in [2.75, 3.05) is 0 Å². The Morgan fingerprint density at radius 1 is 0.290 bits per heavy atom. The van der Waals surface area contributed by atoms with Crippen molar-refractivity contribution in [1.29, 1.82) is 0 Å². The zero-order chi connectivity index (χ0) is 23.7. The van der Waals surface area contributed by atoms with Crippen molar-refractivity contribution < 1.29 is 37.3 Å². The van der Waals surface area contributed by atoms with Crippen molar-refractivity contribution >= 4 is 0 Å². The first-order valence-electron chi connectivity index (χ1n) is 11.2. The van der Waals surface area contributed by atoms with Crippen LogP contribution in [0.3, 0.4) is 0 Å². The molecule has 0 amide bonds. The second-order valence-corrected chi connectivity index (χ2v) is 9.38. The summed E-state index contributed by atoms with van der Waals surface area (Å²) < 4.78 is 0. The molecule has 0 unspecified atom stereocenters. The fourth-order valence-corrected chi connectivity index (χ4v) is 4.22. The maximum absolute atomic E-state index is 2.20. The molecule has 0 bridgehead atoms. The van der Waals surface area contributed by atoms with Gasteiger partial charge in [-0.15, -0.1) is 0 Å². The van der Waals surface area contributed by atoms with Gasteiger partial charge in [-0.25, -0.2) is 0 Å². The Labute approximate surface area is 223 Å². The molecule has 1 radical (unpaired) electrons. The Balaban J connectivity index is 0.000000429. The van der Waals surface area contributed by atoms with Gasteiger partial charge in [0, 0.05) is 0 Å². The maximum atomic E-state index is 2.20. The second-order valence-electron chi connectivity index (χ2n) is 9.38. The van der Waals surface area contributed by atoms with Gasteiger partial charge < -0.3 is 0 Å². The van der Waals surface area contributed by atoms with Crippen LogP contribution in [0, 0.1) is 141 Å². The fourth-order valence-electron chi connectivity index (χ4n) is 4.22. The maximum Gasteiger partial charge on any atom is 3.00 e. The van der Waals surface area contributed by atoms with Gasteiger partial charge in [-0.1, -0.05) is 104 Å². The molecule has 31 heavy (non-hydrogen) atoms. The third-order valence-corrected chi connectivity index (χ3v) is 8.44. The van der Waals surface area contributed by atoms with Crippen molar-refractivity contribution in [3.05, 3.63) is 83.5 Å². The number of hydrogen-bond acceptors (Lipinski definition) is 0. The van der Waals surface area contributed by atoms with E-state index in [-0.39, 0.29) is 37.3 Å². The molecule has 0 fully saturated rings. The normalized spacial score (nSPS) is 10.2. The molecule has 0 aliphatic rings. The average Bonchev–Trinajstić information content (AvgIpc) is 3.09. The van der Waals surface area contributed by atoms with E-state index < -0.39 is 0 Å². The minimum atomic E-state index is 0. The summed E-state index contributed by atoms with van der Waals surface area (Å²) in [6.45, 7) is 33.0. The molecule has 0 atom stereocenters. The molecule has 0 aliphatic heterocycles. The van der Waals surface area contributed by atoms with Crippen molar-refractivity contribution in [1.82, 2.24) is 0 Å². The van der Waals surface area contributed by atoms with Crippen LogP contribution < -0.4 is 0 Å². The third-order valence-electron chi connectivity index (χ3n) is 8.44. The zero-order valence-corrected chi connectivity index (χ0v) is 24.6. The first-order valence-corrected chi connectivity index (χ1v) is 11.2. The Kier molecular flexibility index (Phi) is 11.7. The van der Waals surface area contributed by atoms with Crippen LogP contribution in [0.2, 0.25) is 0 Å². The fraction of sp³-hybridized carbons (Fsp3) is 0.500. The minimum absolute atomic E-state index is 0. The first-order chi connectivity index (χ1) is 13.7. The Morgan fingerprint density at radius 3 is 0.419 bits per heavy atom. The molecule has 0 aromatic heterocycles. The first kappa shape index (κ1) is 30.3.